The number of carbonyl (C=O) groups excluding carboxylic acids is 2. The number of nitrogens with one attached hydrogen (secondary N) is 1. The summed E-state index contributed by atoms with van der Waals surface area (Å²) >= 11 is 1.51. The number of esters is 1. The SMILES string of the molecule is CCOC(=O)c1c(NC(=O)CN2CCN(c3ncnc4c3cnn4C)CC2)sc2c1CCC2. The van der Waals surface area contributed by atoms with E-state index in [4.69, 9.17) is 4.74 Å². The first-order valence-electron chi connectivity index (χ1n) is 11.3. The second kappa shape index (κ2) is 9.06. The van der Waals surface area contributed by atoms with Crippen LogP contribution in [-0.2, 0) is 29.4 Å². The third-order valence-corrected chi connectivity index (χ3v) is 7.41. The molecule has 1 N–H and O–H groups in total. The molecule has 4 heterocycles. The minimum Gasteiger partial charge on any atom is -0.462 e. The van der Waals surface area contributed by atoms with E-state index < -0.39 is 0 Å². The summed E-state index contributed by atoms with van der Waals surface area (Å²) < 4.78 is 7.00. The lowest BCUT2D eigenvalue weighted by Crippen LogP contribution is -2.49. The van der Waals surface area contributed by atoms with Crippen LogP contribution in [0.5, 0.6) is 0 Å². The third kappa shape index (κ3) is 4.18. The van der Waals surface area contributed by atoms with Gasteiger partial charge in [-0.3, -0.25) is 14.4 Å². The van der Waals surface area contributed by atoms with E-state index in [1.807, 2.05) is 7.05 Å². The summed E-state index contributed by atoms with van der Waals surface area (Å²) in [7, 11) is 1.87. The van der Waals surface area contributed by atoms with Crippen LogP contribution in [0.25, 0.3) is 11.0 Å². The van der Waals surface area contributed by atoms with Gasteiger partial charge in [0.25, 0.3) is 0 Å². The quantitative estimate of drug-likeness (QED) is 0.546. The Balaban J connectivity index is 1.21. The van der Waals surface area contributed by atoms with Gasteiger partial charge in [0.2, 0.25) is 5.91 Å². The van der Waals surface area contributed by atoms with E-state index in [1.165, 1.54) is 16.2 Å². The number of rotatable bonds is 6. The van der Waals surface area contributed by atoms with Crippen molar-refractivity contribution in [2.24, 2.45) is 7.05 Å². The smallest absolute Gasteiger partial charge is 0.341 e. The van der Waals surface area contributed by atoms with Crippen LogP contribution in [-0.4, -0.2) is 75.9 Å². The molecule has 3 aromatic heterocycles. The highest BCUT2D eigenvalue weighted by Crippen LogP contribution is 2.39. The van der Waals surface area contributed by atoms with Crippen molar-refractivity contribution in [3.8, 4) is 0 Å². The zero-order valence-electron chi connectivity index (χ0n) is 18.8. The highest BCUT2D eigenvalue weighted by Gasteiger charge is 2.29. The number of piperazine rings is 1. The molecule has 0 atom stereocenters. The minimum atomic E-state index is -0.340. The van der Waals surface area contributed by atoms with Gasteiger partial charge in [0.05, 0.1) is 30.3 Å². The molecule has 2 aliphatic rings. The molecule has 11 heteroatoms. The number of fused-ring (bicyclic) bond motifs is 2. The molecule has 174 valence electrons. The Bertz CT molecular complexity index is 1200. The first-order valence-corrected chi connectivity index (χ1v) is 12.1. The van der Waals surface area contributed by atoms with Gasteiger partial charge in [-0.25, -0.2) is 14.8 Å². The van der Waals surface area contributed by atoms with Crippen molar-refractivity contribution in [3.05, 3.63) is 28.5 Å². The summed E-state index contributed by atoms with van der Waals surface area (Å²) in [5.74, 6) is 0.433. The van der Waals surface area contributed by atoms with Gasteiger partial charge in [0.15, 0.2) is 5.65 Å². The molecule has 1 aliphatic carbocycles. The zero-order chi connectivity index (χ0) is 22.9. The normalized spacial score (nSPS) is 16.2. The van der Waals surface area contributed by atoms with Crippen LogP contribution >= 0.6 is 11.3 Å². The predicted molar refractivity (Wildman–Crippen MR) is 126 cm³/mol. The second-order valence-electron chi connectivity index (χ2n) is 8.30. The van der Waals surface area contributed by atoms with Gasteiger partial charge in [-0.2, -0.15) is 5.10 Å². The fourth-order valence-corrected chi connectivity index (χ4v) is 5.89. The van der Waals surface area contributed by atoms with Crippen molar-refractivity contribution in [2.75, 3.05) is 49.5 Å². The van der Waals surface area contributed by atoms with Crippen LogP contribution in [0.15, 0.2) is 12.5 Å². The molecule has 0 bridgehead atoms. The first-order chi connectivity index (χ1) is 16.0. The van der Waals surface area contributed by atoms with E-state index >= 15 is 0 Å². The van der Waals surface area contributed by atoms with E-state index in [1.54, 1.807) is 24.1 Å². The molecule has 0 spiro atoms. The molecule has 33 heavy (non-hydrogen) atoms. The number of hydrogen-bond donors (Lipinski definition) is 1. The maximum absolute atomic E-state index is 12.8. The summed E-state index contributed by atoms with van der Waals surface area (Å²) in [4.78, 5) is 39.7. The number of ether oxygens (including phenoxy) is 1. The number of hydrogen-bond acceptors (Lipinski definition) is 9. The number of nitrogens with zero attached hydrogens (tertiary/aromatic N) is 6. The Morgan fingerprint density at radius 2 is 2.00 bits per heavy atom. The van der Waals surface area contributed by atoms with E-state index in [2.05, 4.69) is 30.2 Å². The van der Waals surface area contributed by atoms with Gasteiger partial charge in [-0.1, -0.05) is 0 Å². The highest BCUT2D eigenvalue weighted by molar-refractivity contribution is 7.17. The topological polar surface area (TPSA) is 105 Å². The Labute approximate surface area is 195 Å². The summed E-state index contributed by atoms with van der Waals surface area (Å²) in [5, 5.41) is 8.84. The first kappa shape index (κ1) is 21.8. The predicted octanol–water partition coefficient (Wildman–Crippen LogP) is 1.85. The molecule has 5 rings (SSSR count). The average molecular weight is 470 g/mol. The maximum Gasteiger partial charge on any atom is 0.341 e. The van der Waals surface area contributed by atoms with Crippen molar-refractivity contribution in [1.29, 1.82) is 0 Å². The molecular formula is C22H27N7O3S. The van der Waals surface area contributed by atoms with Gasteiger partial charge >= 0.3 is 5.97 Å². The van der Waals surface area contributed by atoms with Crippen molar-refractivity contribution in [2.45, 2.75) is 26.2 Å². The van der Waals surface area contributed by atoms with Crippen LogP contribution in [0.1, 0.15) is 34.1 Å². The molecule has 1 aliphatic heterocycles. The summed E-state index contributed by atoms with van der Waals surface area (Å²) in [6.45, 7) is 5.40. The van der Waals surface area contributed by atoms with Crippen LogP contribution in [0, 0.1) is 0 Å². The number of aromatic nitrogens is 4. The number of anilines is 2. The van der Waals surface area contributed by atoms with Gasteiger partial charge in [-0.05, 0) is 31.7 Å². The number of amides is 1. The average Bonchev–Trinajstić information content (AvgIpc) is 3.49. The van der Waals surface area contributed by atoms with Gasteiger partial charge in [0.1, 0.15) is 17.1 Å². The van der Waals surface area contributed by atoms with Crippen molar-refractivity contribution in [3.63, 3.8) is 0 Å². The monoisotopic (exact) mass is 469 g/mol. The summed E-state index contributed by atoms with van der Waals surface area (Å²) in [6.07, 6.45) is 6.23. The van der Waals surface area contributed by atoms with Gasteiger partial charge in [0, 0.05) is 38.1 Å². The van der Waals surface area contributed by atoms with Crippen LogP contribution in [0.4, 0.5) is 10.8 Å². The van der Waals surface area contributed by atoms with Crippen molar-refractivity contribution in [1.82, 2.24) is 24.6 Å². The zero-order valence-corrected chi connectivity index (χ0v) is 19.7. The lowest BCUT2D eigenvalue weighted by molar-refractivity contribution is -0.117. The molecule has 10 nitrogen and oxygen atoms in total. The standard InChI is InChI=1S/C22H27N7O3S/c1-3-32-22(31)18-14-5-4-6-16(14)33-21(18)26-17(30)12-28-7-9-29(10-8-28)20-15-11-25-27(2)19(15)23-13-24-20/h11,13H,3-10,12H2,1-2H3,(H,26,30). The Morgan fingerprint density at radius 1 is 1.18 bits per heavy atom. The Kier molecular flexibility index (Phi) is 5.98. The third-order valence-electron chi connectivity index (χ3n) is 6.20. The number of aryl methyl sites for hydroxylation is 2. The van der Waals surface area contributed by atoms with Crippen LogP contribution in [0.3, 0.4) is 0 Å². The fraction of sp³-hybridized carbons (Fsp3) is 0.500. The molecule has 0 unspecified atom stereocenters. The van der Waals surface area contributed by atoms with Crippen molar-refractivity contribution < 1.29 is 14.3 Å². The fourth-order valence-electron chi connectivity index (χ4n) is 4.60. The molecule has 1 fully saturated rings. The summed E-state index contributed by atoms with van der Waals surface area (Å²) in [6, 6.07) is 0. The highest BCUT2D eigenvalue weighted by atomic mass is 32.1. The lowest BCUT2D eigenvalue weighted by atomic mass is 10.1. The molecule has 0 aromatic carbocycles. The Hall–Kier alpha value is -3.05. The van der Waals surface area contributed by atoms with Gasteiger partial charge < -0.3 is 15.0 Å². The summed E-state index contributed by atoms with van der Waals surface area (Å²) in [5.41, 5.74) is 2.41. The molecule has 3 aromatic rings. The molecule has 0 radical (unpaired) electrons. The number of thiophene rings is 1. The second-order valence-corrected chi connectivity index (χ2v) is 9.40. The van der Waals surface area contributed by atoms with E-state index in [9.17, 15) is 9.59 Å². The number of carbonyl (C=O) groups is 2. The molecule has 0 saturated carbocycles. The molecule has 1 saturated heterocycles. The van der Waals surface area contributed by atoms with Crippen LogP contribution in [0.2, 0.25) is 0 Å². The largest absolute Gasteiger partial charge is 0.462 e. The van der Waals surface area contributed by atoms with Crippen LogP contribution < -0.4 is 10.2 Å². The Morgan fingerprint density at radius 3 is 2.79 bits per heavy atom. The van der Waals surface area contributed by atoms with Crippen molar-refractivity contribution >= 4 is 45.1 Å². The van der Waals surface area contributed by atoms with E-state index in [-0.39, 0.29) is 18.4 Å². The molecule has 1 amide bonds. The van der Waals surface area contributed by atoms with Gasteiger partial charge in [-0.15, -0.1) is 11.3 Å². The van der Waals surface area contributed by atoms with E-state index in [0.29, 0.717) is 17.2 Å². The van der Waals surface area contributed by atoms with E-state index in [0.717, 1.165) is 67.9 Å². The minimum absolute atomic E-state index is 0.106. The molecular weight excluding hydrogens is 442 g/mol. The maximum atomic E-state index is 12.8. The lowest BCUT2D eigenvalue weighted by Gasteiger charge is -2.35.